The highest BCUT2D eigenvalue weighted by Gasteiger charge is 2.24. The molecule has 0 bridgehead atoms. The van der Waals surface area contributed by atoms with Crippen molar-refractivity contribution in [2.45, 2.75) is 12.7 Å². The second-order valence-electron chi connectivity index (χ2n) is 5.93. The molecule has 0 saturated heterocycles. The van der Waals surface area contributed by atoms with E-state index in [1.165, 1.54) is 30.2 Å². The van der Waals surface area contributed by atoms with Crippen LogP contribution in [0.1, 0.15) is 10.4 Å². The molecule has 1 unspecified atom stereocenters. The lowest BCUT2D eigenvalue weighted by atomic mass is 10.1. The summed E-state index contributed by atoms with van der Waals surface area (Å²) in [6.45, 7) is -2.36. The number of alkyl halides is 2. The van der Waals surface area contributed by atoms with E-state index in [4.69, 9.17) is 14.2 Å². The van der Waals surface area contributed by atoms with Gasteiger partial charge >= 0.3 is 6.61 Å². The van der Waals surface area contributed by atoms with Crippen molar-refractivity contribution in [2.75, 3.05) is 27.3 Å². The van der Waals surface area contributed by atoms with Crippen LogP contribution in [0.4, 0.5) is 8.78 Å². The van der Waals surface area contributed by atoms with Crippen LogP contribution in [-0.2, 0) is 0 Å². The third kappa shape index (κ3) is 4.39. The van der Waals surface area contributed by atoms with Crippen molar-refractivity contribution >= 4 is 5.91 Å². The van der Waals surface area contributed by atoms with Gasteiger partial charge in [0.1, 0.15) is 6.61 Å². The van der Waals surface area contributed by atoms with Gasteiger partial charge in [-0.3, -0.25) is 4.79 Å². The van der Waals surface area contributed by atoms with E-state index in [2.05, 4.69) is 4.74 Å². The molecule has 6 nitrogen and oxygen atoms in total. The highest BCUT2D eigenvalue weighted by atomic mass is 19.3. The average Bonchev–Trinajstić information content (AvgIpc) is 2.67. The minimum absolute atomic E-state index is 0.0562. The predicted molar refractivity (Wildman–Crippen MR) is 92.9 cm³/mol. The second-order valence-corrected chi connectivity index (χ2v) is 5.93. The lowest BCUT2D eigenvalue weighted by Crippen LogP contribution is -2.41. The molecule has 27 heavy (non-hydrogen) atoms. The molecule has 1 amide bonds. The number of carbonyl (C=O) groups is 1. The molecule has 144 valence electrons. The Kier molecular flexibility index (Phi) is 5.63. The number of hydrogen-bond donors (Lipinski definition) is 0. The Morgan fingerprint density at radius 3 is 2.67 bits per heavy atom. The Labute approximate surface area is 155 Å². The van der Waals surface area contributed by atoms with E-state index in [0.717, 1.165) is 0 Å². The van der Waals surface area contributed by atoms with E-state index >= 15 is 0 Å². The van der Waals surface area contributed by atoms with Crippen molar-refractivity contribution in [3.8, 4) is 23.0 Å². The summed E-state index contributed by atoms with van der Waals surface area (Å²) >= 11 is 0. The Morgan fingerprint density at radius 1 is 1.22 bits per heavy atom. The number of methoxy groups -OCH3 is 1. The van der Waals surface area contributed by atoms with E-state index in [1.807, 2.05) is 18.2 Å². The number of para-hydroxylation sites is 2. The van der Waals surface area contributed by atoms with Crippen LogP contribution in [-0.4, -0.2) is 50.8 Å². The van der Waals surface area contributed by atoms with Gasteiger partial charge in [-0.15, -0.1) is 0 Å². The molecule has 2 aromatic rings. The normalized spacial score (nSPS) is 15.4. The van der Waals surface area contributed by atoms with Crippen molar-refractivity contribution in [2.24, 2.45) is 0 Å². The third-order valence-corrected chi connectivity index (χ3v) is 4.02. The Morgan fingerprint density at radius 2 is 1.96 bits per heavy atom. The van der Waals surface area contributed by atoms with Gasteiger partial charge in [-0.1, -0.05) is 12.1 Å². The third-order valence-electron chi connectivity index (χ3n) is 4.02. The number of likely N-dealkylation sites (N-methyl/N-ethyl adjacent to an activating group) is 1. The zero-order valence-corrected chi connectivity index (χ0v) is 14.9. The van der Waals surface area contributed by atoms with Crippen LogP contribution in [0, 0.1) is 0 Å². The van der Waals surface area contributed by atoms with Crippen molar-refractivity contribution in [1.29, 1.82) is 0 Å². The smallest absolute Gasteiger partial charge is 0.387 e. The van der Waals surface area contributed by atoms with Gasteiger partial charge in [0, 0.05) is 12.6 Å². The van der Waals surface area contributed by atoms with E-state index in [9.17, 15) is 13.6 Å². The summed E-state index contributed by atoms with van der Waals surface area (Å²) in [5.41, 5.74) is 0.285. The number of rotatable bonds is 6. The molecule has 0 aromatic heterocycles. The van der Waals surface area contributed by atoms with Gasteiger partial charge in [-0.25, -0.2) is 0 Å². The molecule has 8 heteroatoms. The van der Waals surface area contributed by atoms with Crippen LogP contribution in [0.2, 0.25) is 0 Å². The minimum Gasteiger partial charge on any atom is -0.493 e. The van der Waals surface area contributed by atoms with Crippen LogP contribution < -0.4 is 18.9 Å². The van der Waals surface area contributed by atoms with Crippen molar-refractivity contribution in [3.63, 3.8) is 0 Å². The maximum Gasteiger partial charge on any atom is 0.387 e. The van der Waals surface area contributed by atoms with Crippen molar-refractivity contribution < 1.29 is 32.5 Å². The summed E-state index contributed by atoms with van der Waals surface area (Å²) in [5.74, 6) is 0.916. The molecule has 1 aliphatic heterocycles. The Hall–Kier alpha value is -3.03. The molecular formula is C19H19F2NO5. The van der Waals surface area contributed by atoms with Gasteiger partial charge in [0.2, 0.25) is 0 Å². The van der Waals surface area contributed by atoms with Gasteiger partial charge in [0.25, 0.3) is 5.91 Å². The zero-order valence-electron chi connectivity index (χ0n) is 14.9. The quantitative estimate of drug-likeness (QED) is 0.772. The molecule has 1 aliphatic rings. The first-order valence-electron chi connectivity index (χ1n) is 8.24. The Balaban J connectivity index is 1.67. The fourth-order valence-corrected chi connectivity index (χ4v) is 2.76. The molecule has 0 saturated carbocycles. The summed E-state index contributed by atoms with van der Waals surface area (Å²) in [4.78, 5) is 14.1. The predicted octanol–water partition coefficient (Wildman–Crippen LogP) is 3.21. The second kappa shape index (κ2) is 8.11. The molecule has 0 radical (unpaired) electrons. The molecule has 2 aromatic carbocycles. The lowest BCUT2D eigenvalue weighted by Gasteiger charge is -2.29. The average molecular weight is 379 g/mol. The van der Waals surface area contributed by atoms with Gasteiger partial charge in [-0.05, 0) is 30.3 Å². The topological polar surface area (TPSA) is 57.2 Å². The monoisotopic (exact) mass is 379 g/mol. The summed E-state index contributed by atoms with van der Waals surface area (Å²) in [6.07, 6.45) is -0.322. The summed E-state index contributed by atoms with van der Waals surface area (Å²) in [6, 6.07) is 11.4. The van der Waals surface area contributed by atoms with Crippen LogP contribution >= 0.6 is 0 Å². The van der Waals surface area contributed by atoms with E-state index in [1.54, 1.807) is 13.1 Å². The van der Waals surface area contributed by atoms with E-state index in [0.29, 0.717) is 24.7 Å². The number of ether oxygens (including phenoxy) is 4. The molecule has 0 fully saturated rings. The number of halogens is 2. The van der Waals surface area contributed by atoms with Gasteiger partial charge < -0.3 is 23.8 Å². The SMILES string of the molecule is COc1cc(C(=O)N(C)CC2COc3ccccc3O2)ccc1OC(F)F. The number of carbonyl (C=O) groups excluding carboxylic acids is 1. The van der Waals surface area contributed by atoms with Crippen LogP contribution in [0.15, 0.2) is 42.5 Å². The number of nitrogens with zero attached hydrogens (tertiary/aromatic N) is 1. The molecule has 1 heterocycles. The number of fused-ring (bicyclic) bond motifs is 1. The van der Waals surface area contributed by atoms with Crippen LogP contribution in [0.25, 0.3) is 0 Å². The van der Waals surface area contributed by atoms with Crippen molar-refractivity contribution in [3.05, 3.63) is 48.0 Å². The first-order valence-corrected chi connectivity index (χ1v) is 8.24. The largest absolute Gasteiger partial charge is 0.493 e. The minimum atomic E-state index is -2.98. The lowest BCUT2D eigenvalue weighted by molar-refractivity contribution is -0.0512. The number of benzene rings is 2. The number of hydrogen-bond acceptors (Lipinski definition) is 5. The summed E-state index contributed by atoms with van der Waals surface area (Å²) in [7, 11) is 2.94. The summed E-state index contributed by atoms with van der Waals surface area (Å²) in [5, 5.41) is 0. The first kappa shape index (κ1) is 18.8. The molecular weight excluding hydrogens is 360 g/mol. The molecule has 0 N–H and O–H groups in total. The Bertz CT molecular complexity index is 814. The molecule has 0 aliphatic carbocycles. The van der Waals surface area contributed by atoms with Crippen molar-refractivity contribution in [1.82, 2.24) is 4.90 Å². The van der Waals surface area contributed by atoms with Gasteiger partial charge in [0.05, 0.1) is 13.7 Å². The van der Waals surface area contributed by atoms with Gasteiger partial charge in [-0.2, -0.15) is 8.78 Å². The maximum atomic E-state index is 12.7. The summed E-state index contributed by atoms with van der Waals surface area (Å²) < 4.78 is 45.7. The molecule has 3 rings (SSSR count). The highest BCUT2D eigenvalue weighted by Crippen LogP contribution is 2.32. The fourth-order valence-electron chi connectivity index (χ4n) is 2.76. The zero-order chi connectivity index (χ0) is 19.4. The van der Waals surface area contributed by atoms with Crippen LogP contribution in [0.5, 0.6) is 23.0 Å². The van der Waals surface area contributed by atoms with E-state index in [-0.39, 0.29) is 29.1 Å². The highest BCUT2D eigenvalue weighted by molar-refractivity contribution is 5.94. The first-order chi connectivity index (χ1) is 13.0. The maximum absolute atomic E-state index is 12.7. The standard InChI is InChI=1S/C19H19F2NO5/c1-22(10-13-11-25-14-5-3-4-6-15(14)26-13)18(23)12-7-8-16(27-19(20)21)17(9-12)24-2/h3-9,13,19H,10-11H2,1-2H3. The van der Waals surface area contributed by atoms with E-state index < -0.39 is 6.61 Å². The number of amides is 1. The molecule has 1 atom stereocenters. The molecule has 0 spiro atoms. The van der Waals surface area contributed by atoms with Crippen LogP contribution in [0.3, 0.4) is 0 Å². The van der Waals surface area contributed by atoms with Gasteiger partial charge in [0.15, 0.2) is 29.1 Å². The fraction of sp³-hybridized carbons (Fsp3) is 0.316.